The second-order valence-electron chi connectivity index (χ2n) is 4.82. The molecule has 1 aromatic rings. The summed E-state index contributed by atoms with van der Waals surface area (Å²) in [5.41, 5.74) is 2.25. The molecule has 1 saturated heterocycles. The molecule has 2 heterocycles. The van der Waals surface area contributed by atoms with Crippen molar-refractivity contribution < 1.29 is 4.79 Å². The van der Waals surface area contributed by atoms with Gasteiger partial charge in [-0.05, 0) is 30.9 Å². The minimum atomic E-state index is -0.249. The number of carbonyl (C=O) groups excluding carboxylic acids is 1. The number of fused-ring (bicyclic) bond motifs is 1. The van der Waals surface area contributed by atoms with E-state index in [1.165, 1.54) is 5.56 Å². The molecule has 2 aliphatic heterocycles. The zero-order valence-electron chi connectivity index (χ0n) is 10.2. The van der Waals surface area contributed by atoms with Crippen LogP contribution in [0.2, 0.25) is 0 Å². The lowest BCUT2D eigenvalue weighted by atomic mass is 10.1. The lowest BCUT2D eigenvalue weighted by Gasteiger charge is -2.24. The summed E-state index contributed by atoms with van der Waals surface area (Å²) in [6, 6.07) is 7.78. The maximum absolute atomic E-state index is 12.5. The number of carbonyl (C=O) groups is 1. The standard InChI is InChI=1S/C14H15N3O/c15-10-16-8-3-6-13(16)14(18)17-9-7-11-4-1-2-5-12(11)17/h1-2,4-5,13H,3,6-9H2/t13-/m0/s1. The summed E-state index contributed by atoms with van der Waals surface area (Å²) in [7, 11) is 0. The molecule has 0 aromatic heterocycles. The minimum absolute atomic E-state index is 0.0824. The molecular weight excluding hydrogens is 226 g/mol. The Kier molecular flexibility index (Phi) is 2.67. The van der Waals surface area contributed by atoms with Gasteiger partial charge in [0, 0.05) is 18.8 Å². The number of rotatable bonds is 1. The molecule has 18 heavy (non-hydrogen) atoms. The maximum Gasteiger partial charge on any atom is 0.250 e. The first-order chi connectivity index (χ1) is 8.81. The second-order valence-corrected chi connectivity index (χ2v) is 4.82. The van der Waals surface area contributed by atoms with E-state index < -0.39 is 0 Å². The van der Waals surface area contributed by atoms with Gasteiger partial charge in [-0.3, -0.25) is 9.69 Å². The first-order valence-electron chi connectivity index (χ1n) is 6.37. The number of hydrogen-bond acceptors (Lipinski definition) is 3. The quantitative estimate of drug-likeness (QED) is 0.700. The van der Waals surface area contributed by atoms with Crippen molar-refractivity contribution in [1.29, 1.82) is 5.26 Å². The van der Waals surface area contributed by atoms with Crippen molar-refractivity contribution >= 4 is 11.6 Å². The molecule has 1 fully saturated rings. The van der Waals surface area contributed by atoms with E-state index in [1.807, 2.05) is 23.1 Å². The zero-order chi connectivity index (χ0) is 12.5. The van der Waals surface area contributed by atoms with Crippen molar-refractivity contribution in [2.24, 2.45) is 0 Å². The van der Waals surface area contributed by atoms with Crippen LogP contribution in [0.1, 0.15) is 18.4 Å². The third kappa shape index (κ3) is 1.63. The molecule has 4 nitrogen and oxygen atoms in total. The summed E-state index contributed by atoms with van der Waals surface area (Å²) in [4.78, 5) is 16.0. The highest BCUT2D eigenvalue weighted by molar-refractivity contribution is 5.99. The van der Waals surface area contributed by atoms with E-state index in [4.69, 9.17) is 5.26 Å². The van der Waals surface area contributed by atoms with Gasteiger partial charge >= 0.3 is 0 Å². The molecule has 0 saturated carbocycles. The van der Waals surface area contributed by atoms with Gasteiger partial charge in [-0.15, -0.1) is 0 Å². The number of nitrogens with zero attached hydrogens (tertiary/aromatic N) is 3. The topological polar surface area (TPSA) is 47.3 Å². The Morgan fingerprint density at radius 3 is 3.00 bits per heavy atom. The Balaban J connectivity index is 1.85. The molecule has 3 rings (SSSR count). The van der Waals surface area contributed by atoms with E-state index in [0.717, 1.165) is 31.5 Å². The van der Waals surface area contributed by atoms with Gasteiger partial charge in [0.2, 0.25) is 5.91 Å². The lowest BCUT2D eigenvalue weighted by molar-refractivity contribution is -0.121. The van der Waals surface area contributed by atoms with E-state index in [0.29, 0.717) is 6.54 Å². The van der Waals surface area contributed by atoms with Gasteiger partial charge in [-0.1, -0.05) is 18.2 Å². The van der Waals surface area contributed by atoms with Crippen LogP contribution in [0, 0.1) is 11.5 Å². The zero-order valence-corrected chi connectivity index (χ0v) is 10.2. The molecule has 1 aromatic carbocycles. The average molecular weight is 241 g/mol. The molecule has 0 aliphatic carbocycles. The molecule has 1 amide bonds. The van der Waals surface area contributed by atoms with Crippen LogP contribution in [0.4, 0.5) is 5.69 Å². The highest BCUT2D eigenvalue weighted by Crippen LogP contribution is 2.30. The molecule has 2 aliphatic rings. The Bertz CT molecular complexity index is 520. The summed E-state index contributed by atoms with van der Waals surface area (Å²) >= 11 is 0. The molecule has 92 valence electrons. The van der Waals surface area contributed by atoms with Crippen molar-refractivity contribution in [2.45, 2.75) is 25.3 Å². The molecule has 0 bridgehead atoms. The predicted molar refractivity (Wildman–Crippen MR) is 67.8 cm³/mol. The molecule has 0 unspecified atom stereocenters. The number of para-hydroxylation sites is 1. The highest BCUT2D eigenvalue weighted by Gasteiger charge is 2.35. The average Bonchev–Trinajstić information content (AvgIpc) is 3.04. The summed E-state index contributed by atoms with van der Waals surface area (Å²) in [6.45, 7) is 1.45. The van der Waals surface area contributed by atoms with Crippen LogP contribution in [-0.2, 0) is 11.2 Å². The summed E-state index contributed by atoms with van der Waals surface area (Å²) in [5.74, 6) is 0.0824. The van der Waals surface area contributed by atoms with Gasteiger partial charge in [0.15, 0.2) is 6.19 Å². The number of anilines is 1. The van der Waals surface area contributed by atoms with Crippen molar-refractivity contribution in [1.82, 2.24) is 4.90 Å². The fourth-order valence-electron chi connectivity index (χ4n) is 2.89. The van der Waals surface area contributed by atoms with Gasteiger partial charge in [-0.25, -0.2) is 0 Å². The minimum Gasteiger partial charge on any atom is -0.310 e. The van der Waals surface area contributed by atoms with Gasteiger partial charge in [0.25, 0.3) is 0 Å². The van der Waals surface area contributed by atoms with Crippen LogP contribution in [0.25, 0.3) is 0 Å². The van der Waals surface area contributed by atoms with Crippen molar-refractivity contribution in [2.75, 3.05) is 18.0 Å². The van der Waals surface area contributed by atoms with E-state index >= 15 is 0 Å². The van der Waals surface area contributed by atoms with Crippen LogP contribution in [0.5, 0.6) is 0 Å². The van der Waals surface area contributed by atoms with Gasteiger partial charge < -0.3 is 4.90 Å². The van der Waals surface area contributed by atoms with Crippen LogP contribution in [-0.4, -0.2) is 29.9 Å². The van der Waals surface area contributed by atoms with E-state index in [2.05, 4.69) is 12.3 Å². The number of likely N-dealkylation sites (tertiary alicyclic amines) is 1. The fraction of sp³-hybridized carbons (Fsp3) is 0.429. The largest absolute Gasteiger partial charge is 0.310 e. The van der Waals surface area contributed by atoms with Crippen molar-refractivity contribution in [3.05, 3.63) is 29.8 Å². The molecule has 0 radical (unpaired) electrons. The van der Waals surface area contributed by atoms with Crippen LogP contribution in [0.15, 0.2) is 24.3 Å². The van der Waals surface area contributed by atoms with Gasteiger partial charge in [0.05, 0.1) is 0 Å². The lowest BCUT2D eigenvalue weighted by Crippen LogP contribution is -2.43. The summed E-state index contributed by atoms with van der Waals surface area (Å²) in [5, 5.41) is 9.03. The van der Waals surface area contributed by atoms with E-state index in [-0.39, 0.29) is 11.9 Å². The van der Waals surface area contributed by atoms with Gasteiger partial charge in [-0.2, -0.15) is 5.26 Å². The molecule has 4 heteroatoms. The Labute approximate surface area is 106 Å². The van der Waals surface area contributed by atoms with E-state index in [9.17, 15) is 4.79 Å². The van der Waals surface area contributed by atoms with Crippen LogP contribution in [0.3, 0.4) is 0 Å². The van der Waals surface area contributed by atoms with Crippen LogP contribution >= 0.6 is 0 Å². The third-order valence-electron chi connectivity index (χ3n) is 3.82. The number of benzene rings is 1. The Morgan fingerprint density at radius 2 is 2.17 bits per heavy atom. The van der Waals surface area contributed by atoms with Crippen molar-refractivity contribution in [3.63, 3.8) is 0 Å². The first kappa shape index (κ1) is 11.1. The van der Waals surface area contributed by atoms with Crippen LogP contribution < -0.4 is 4.90 Å². The normalized spacial score (nSPS) is 21.8. The Hall–Kier alpha value is -2.02. The monoisotopic (exact) mass is 241 g/mol. The van der Waals surface area contributed by atoms with Crippen molar-refractivity contribution in [3.8, 4) is 6.19 Å². The molecular formula is C14H15N3O. The summed E-state index contributed by atoms with van der Waals surface area (Å²) < 4.78 is 0. The van der Waals surface area contributed by atoms with E-state index in [1.54, 1.807) is 4.90 Å². The molecule has 0 spiro atoms. The first-order valence-corrected chi connectivity index (χ1v) is 6.37. The number of nitriles is 1. The third-order valence-corrected chi connectivity index (χ3v) is 3.82. The predicted octanol–water partition coefficient (Wildman–Crippen LogP) is 1.52. The Morgan fingerprint density at radius 1 is 1.33 bits per heavy atom. The number of hydrogen-bond donors (Lipinski definition) is 0. The molecule has 0 N–H and O–H groups in total. The maximum atomic E-state index is 12.5. The fourth-order valence-corrected chi connectivity index (χ4v) is 2.89. The SMILES string of the molecule is N#CN1CCC[C@H]1C(=O)N1CCc2ccccc21. The second kappa shape index (κ2) is 4.34. The molecule has 1 atom stereocenters. The number of amides is 1. The highest BCUT2D eigenvalue weighted by atomic mass is 16.2. The summed E-state index contributed by atoms with van der Waals surface area (Å²) in [6.07, 6.45) is 4.77. The smallest absolute Gasteiger partial charge is 0.250 e. The van der Waals surface area contributed by atoms with Gasteiger partial charge in [0.1, 0.15) is 6.04 Å².